The lowest BCUT2D eigenvalue weighted by atomic mass is 9.82. The van der Waals surface area contributed by atoms with Gasteiger partial charge in [-0.3, -0.25) is 4.79 Å². The third-order valence-electron chi connectivity index (χ3n) is 4.76. The summed E-state index contributed by atoms with van der Waals surface area (Å²) in [6.45, 7) is 2.29. The zero-order chi connectivity index (χ0) is 16.1. The Labute approximate surface area is 143 Å². The van der Waals surface area contributed by atoms with Crippen LogP contribution in [0.4, 0.5) is 0 Å². The molecular formula is C17H19N3OS2. The fourth-order valence-electron chi connectivity index (χ4n) is 3.61. The highest BCUT2D eigenvalue weighted by atomic mass is 32.2. The van der Waals surface area contributed by atoms with Gasteiger partial charge in [0.05, 0.1) is 6.04 Å². The number of nitrogens with two attached hydrogens (primary N) is 2. The molecule has 0 saturated carbocycles. The Hall–Kier alpha value is -1.37. The molecular weight excluding hydrogens is 326 g/mol. The van der Waals surface area contributed by atoms with Crippen molar-refractivity contribution in [2.24, 2.45) is 17.4 Å². The van der Waals surface area contributed by atoms with E-state index in [0.29, 0.717) is 5.92 Å². The SMILES string of the molecule is CC1CCc2nc3c(c(-c4cccs4)c2C1)C(N)C(C(N)=O)S3. The molecule has 120 valence electrons. The zero-order valence-corrected chi connectivity index (χ0v) is 14.5. The van der Waals surface area contributed by atoms with Crippen LogP contribution in [0.5, 0.6) is 0 Å². The summed E-state index contributed by atoms with van der Waals surface area (Å²) in [7, 11) is 0. The minimum absolute atomic E-state index is 0.357. The van der Waals surface area contributed by atoms with Crippen molar-refractivity contribution in [2.75, 3.05) is 0 Å². The second-order valence-corrected chi connectivity index (χ2v) is 8.50. The molecule has 3 atom stereocenters. The van der Waals surface area contributed by atoms with Crippen molar-refractivity contribution < 1.29 is 4.79 Å². The number of carbonyl (C=O) groups is 1. The van der Waals surface area contributed by atoms with Crippen LogP contribution >= 0.6 is 23.1 Å². The van der Waals surface area contributed by atoms with Gasteiger partial charge >= 0.3 is 0 Å². The predicted molar refractivity (Wildman–Crippen MR) is 94.5 cm³/mol. The molecule has 4 N–H and O–H groups in total. The van der Waals surface area contributed by atoms with Gasteiger partial charge in [0.25, 0.3) is 0 Å². The van der Waals surface area contributed by atoms with Crippen LogP contribution in [0.2, 0.25) is 0 Å². The van der Waals surface area contributed by atoms with E-state index in [1.807, 2.05) is 0 Å². The third kappa shape index (κ3) is 2.40. The number of thioether (sulfide) groups is 1. The highest BCUT2D eigenvalue weighted by Crippen LogP contribution is 2.49. The molecule has 2 aliphatic rings. The molecule has 0 aromatic carbocycles. The molecule has 0 fully saturated rings. The summed E-state index contributed by atoms with van der Waals surface area (Å²) >= 11 is 3.15. The van der Waals surface area contributed by atoms with Gasteiger partial charge in [-0.2, -0.15) is 0 Å². The van der Waals surface area contributed by atoms with Gasteiger partial charge in [-0.15, -0.1) is 11.3 Å². The maximum Gasteiger partial charge on any atom is 0.232 e. The van der Waals surface area contributed by atoms with Gasteiger partial charge in [0, 0.05) is 21.7 Å². The summed E-state index contributed by atoms with van der Waals surface area (Å²) in [5.74, 6) is 0.294. The summed E-state index contributed by atoms with van der Waals surface area (Å²) in [5, 5.41) is 2.57. The van der Waals surface area contributed by atoms with E-state index in [1.54, 1.807) is 11.3 Å². The maximum atomic E-state index is 11.7. The van der Waals surface area contributed by atoms with E-state index in [1.165, 1.54) is 39.9 Å². The van der Waals surface area contributed by atoms with E-state index in [9.17, 15) is 4.79 Å². The molecule has 6 heteroatoms. The van der Waals surface area contributed by atoms with Gasteiger partial charge < -0.3 is 11.5 Å². The molecule has 1 amide bonds. The summed E-state index contributed by atoms with van der Waals surface area (Å²) in [6.07, 6.45) is 3.19. The van der Waals surface area contributed by atoms with Crippen LogP contribution in [0.3, 0.4) is 0 Å². The fraction of sp³-hybridized carbons (Fsp3) is 0.412. The zero-order valence-electron chi connectivity index (χ0n) is 12.9. The minimum atomic E-state index is -0.419. The second kappa shape index (κ2) is 5.61. The first-order valence-corrected chi connectivity index (χ1v) is 9.63. The van der Waals surface area contributed by atoms with Gasteiger partial charge in [0.2, 0.25) is 5.91 Å². The summed E-state index contributed by atoms with van der Waals surface area (Å²) in [4.78, 5) is 17.8. The number of amides is 1. The number of thiophene rings is 1. The number of aromatic nitrogens is 1. The maximum absolute atomic E-state index is 11.7. The number of carbonyl (C=O) groups excluding carboxylic acids is 1. The number of rotatable bonds is 2. The van der Waals surface area contributed by atoms with E-state index in [0.717, 1.165) is 23.4 Å². The summed E-state index contributed by atoms with van der Waals surface area (Å²) in [5.41, 5.74) is 16.7. The number of hydrogen-bond acceptors (Lipinski definition) is 5. The van der Waals surface area contributed by atoms with Crippen LogP contribution in [0.1, 0.15) is 36.2 Å². The average molecular weight is 345 g/mol. The van der Waals surface area contributed by atoms with Crippen molar-refractivity contribution in [3.8, 4) is 10.4 Å². The van der Waals surface area contributed by atoms with Crippen LogP contribution in [0.15, 0.2) is 22.5 Å². The highest BCUT2D eigenvalue weighted by molar-refractivity contribution is 8.01. The van der Waals surface area contributed by atoms with Crippen molar-refractivity contribution in [1.29, 1.82) is 0 Å². The average Bonchev–Trinajstić information content (AvgIpc) is 3.14. The summed E-state index contributed by atoms with van der Waals surface area (Å²) in [6, 6.07) is 3.82. The molecule has 1 aliphatic heterocycles. The Balaban J connectivity index is 1.96. The van der Waals surface area contributed by atoms with E-state index in [2.05, 4.69) is 24.4 Å². The van der Waals surface area contributed by atoms with Gasteiger partial charge in [0.1, 0.15) is 10.3 Å². The number of pyridine rings is 1. The number of fused-ring (bicyclic) bond motifs is 2. The van der Waals surface area contributed by atoms with E-state index in [4.69, 9.17) is 16.5 Å². The van der Waals surface area contributed by atoms with Gasteiger partial charge in [-0.1, -0.05) is 24.8 Å². The molecule has 4 rings (SSSR count). The van der Waals surface area contributed by atoms with E-state index >= 15 is 0 Å². The van der Waals surface area contributed by atoms with Crippen molar-refractivity contribution >= 4 is 29.0 Å². The second-order valence-electron chi connectivity index (χ2n) is 6.42. The molecule has 0 spiro atoms. The van der Waals surface area contributed by atoms with Crippen LogP contribution in [-0.4, -0.2) is 16.1 Å². The minimum Gasteiger partial charge on any atom is -0.369 e. The number of nitrogens with zero attached hydrogens (tertiary/aromatic N) is 1. The summed E-state index contributed by atoms with van der Waals surface area (Å²) < 4.78 is 0. The molecule has 1 aliphatic carbocycles. The standard InChI is InChI=1S/C17H19N3OS2/c1-8-4-5-10-9(7-8)12(11-3-2-6-22-11)13-14(18)15(16(19)21)23-17(13)20-10/h2-3,6,8,14-15H,4-5,7,18H2,1H3,(H2,19,21). The highest BCUT2D eigenvalue weighted by Gasteiger charge is 2.40. The fourth-order valence-corrected chi connectivity index (χ4v) is 5.58. The van der Waals surface area contributed by atoms with Crippen LogP contribution < -0.4 is 11.5 Å². The molecule has 2 aromatic rings. The largest absolute Gasteiger partial charge is 0.369 e. The monoisotopic (exact) mass is 345 g/mol. The number of primary amides is 1. The van der Waals surface area contributed by atoms with Gasteiger partial charge in [-0.25, -0.2) is 4.98 Å². The lowest BCUT2D eigenvalue weighted by Gasteiger charge is -2.25. The Kier molecular flexibility index (Phi) is 3.70. The quantitative estimate of drug-likeness (QED) is 0.877. The Morgan fingerprint density at radius 1 is 1.43 bits per heavy atom. The third-order valence-corrected chi connectivity index (χ3v) is 6.96. The lowest BCUT2D eigenvalue weighted by molar-refractivity contribution is -0.117. The topological polar surface area (TPSA) is 82.0 Å². The Morgan fingerprint density at radius 3 is 2.96 bits per heavy atom. The van der Waals surface area contributed by atoms with Crippen LogP contribution in [-0.2, 0) is 17.6 Å². The van der Waals surface area contributed by atoms with Gasteiger partial charge in [-0.05, 0) is 42.2 Å². The Bertz CT molecular complexity index is 773. The Morgan fingerprint density at radius 2 is 2.26 bits per heavy atom. The van der Waals surface area contributed by atoms with Crippen molar-refractivity contribution in [1.82, 2.24) is 4.98 Å². The van der Waals surface area contributed by atoms with E-state index < -0.39 is 5.25 Å². The first-order chi connectivity index (χ1) is 11.1. The molecule has 3 heterocycles. The van der Waals surface area contributed by atoms with Gasteiger partial charge in [0.15, 0.2) is 0 Å². The smallest absolute Gasteiger partial charge is 0.232 e. The molecule has 0 bridgehead atoms. The molecule has 3 unspecified atom stereocenters. The van der Waals surface area contributed by atoms with Crippen molar-refractivity contribution in [3.05, 3.63) is 34.3 Å². The normalized spacial score (nSPS) is 25.9. The van der Waals surface area contributed by atoms with Crippen molar-refractivity contribution in [2.45, 2.75) is 42.5 Å². The first kappa shape index (κ1) is 15.2. The molecule has 0 radical (unpaired) electrons. The van der Waals surface area contributed by atoms with Crippen LogP contribution in [0, 0.1) is 5.92 Å². The molecule has 4 nitrogen and oxygen atoms in total. The number of aryl methyl sites for hydroxylation is 1. The van der Waals surface area contributed by atoms with E-state index in [-0.39, 0.29) is 11.9 Å². The molecule has 2 aromatic heterocycles. The van der Waals surface area contributed by atoms with Crippen molar-refractivity contribution in [3.63, 3.8) is 0 Å². The molecule has 0 saturated heterocycles. The number of hydrogen-bond donors (Lipinski definition) is 2. The van der Waals surface area contributed by atoms with Crippen LogP contribution in [0.25, 0.3) is 10.4 Å². The molecule has 23 heavy (non-hydrogen) atoms. The predicted octanol–water partition coefficient (Wildman–Crippen LogP) is 2.89. The first-order valence-electron chi connectivity index (χ1n) is 7.87. The lowest BCUT2D eigenvalue weighted by Crippen LogP contribution is -2.33.